The van der Waals surface area contributed by atoms with Gasteiger partial charge in [-0.1, -0.05) is 0 Å². The highest BCUT2D eigenvalue weighted by Gasteiger charge is 2.17. The Kier molecular flexibility index (Phi) is 6.03. The fourth-order valence-electron chi connectivity index (χ4n) is 1.71. The quantitative estimate of drug-likeness (QED) is 0.869. The standard InChI is InChI=1S/C10H14N2OS.CH4O/c13-10(12-6-1-2-7-12)4-3-9-11-5-8-14-9;1-2/h5,8H,1-4,6-7H2;2H,1H3. The first-order chi connectivity index (χ1) is 7.86. The molecule has 90 valence electrons. The van der Waals surface area contributed by atoms with Gasteiger partial charge in [0.15, 0.2) is 0 Å². The molecule has 1 fully saturated rings. The van der Waals surface area contributed by atoms with Gasteiger partial charge in [0.2, 0.25) is 5.91 Å². The van der Waals surface area contributed by atoms with Crippen molar-refractivity contribution in [3.8, 4) is 0 Å². The average molecular weight is 242 g/mol. The van der Waals surface area contributed by atoms with Crippen LogP contribution in [0.15, 0.2) is 11.6 Å². The Morgan fingerprint density at radius 3 is 2.75 bits per heavy atom. The van der Waals surface area contributed by atoms with E-state index in [1.165, 1.54) is 12.8 Å². The number of hydrogen-bond donors (Lipinski definition) is 1. The van der Waals surface area contributed by atoms with Crippen molar-refractivity contribution in [2.45, 2.75) is 25.7 Å². The normalized spacial score (nSPS) is 14.5. The molecule has 2 heterocycles. The van der Waals surface area contributed by atoms with Gasteiger partial charge in [0.25, 0.3) is 0 Å². The number of hydrogen-bond acceptors (Lipinski definition) is 4. The van der Waals surface area contributed by atoms with Crippen LogP contribution in [0, 0.1) is 0 Å². The molecule has 0 saturated carbocycles. The largest absolute Gasteiger partial charge is 0.400 e. The van der Waals surface area contributed by atoms with Crippen molar-refractivity contribution in [1.29, 1.82) is 0 Å². The lowest BCUT2D eigenvalue weighted by Gasteiger charge is -2.14. The topological polar surface area (TPSA) is 53.4 Å². The molecule has 1 amide bonds. The number of amides is 1. The molecule has 0 aliphatic carbocycles. The number of thiazole rings is 1. The molecule has 1 N–H and O–H groups in total. The fraction of sp³-hybridized carbons (Fsp3) is 0.636. The van der Waals surface area contributed by atoms with E-state index in [0.717, 1.165) is 31.6 Å². The van der Waals surface area contributed by atoms with Crippen molar-refractivity contribution in [2.24, 2.45) is 0 Å². The zero-order valence-electron chi connectivity index (χ0n) is 9.56. The Bertz CT molecular complexity index is 295. The molecule has 1 aromatic heterocycles. The summed E-state index contributed by atoms with van der Waals surface area (Å²) in [5.41, 5.74) is 0. The molecular formula is C11H18N2O2S. The second kappa shape index (κ2) is 7.35. The second-order valence-electron chi connectivity index (χ2n) is 3.51. The zero-order chi connectivity index (χ0) is 11.8. The lowest BCUT2D eigenvalue weighted by atomic mass is 10.3. The summed E-state index contributed by atoms with van der Waals surface area (Å²) in [7, 11) is 1.00. The highest BCUT2D eigenvalue weighted by Crippen LogP contribution is 2.12. The van der Waals surface area contributed by atoms with Gasteiger partial charge in [-0.05, 0) is 12.8 Å². The first-order valence-corrected chi connectivity index (χ1v) is 6.35. The van der Waals surface area contributed by atoms with Gasteiger partial charge in [0.05, 0.1) is 5.01 Å². The highest BCUT2D eigenvalue weighted by molar-refractivity contribution is 7.09. The van der Waals surface area contributed by atoms with E-state index in [4.69, 9.17) is 5.11 Å². The van der Waals surface area contributed by atoms with Crippen LogP contribution in [0.3, 0.4) is 0 Å². The van der Waals surface area contributed by atoms with Gasteiger partial charge < -0.3 is 10.0 Å². The van der Waals surface area contributed by atoms with Crippen LogP contribution in [-0.4, -0.2) is 41.1 Å². The number of aromatic nitrogens is 1. The third-order valence-electron chi connectivity index (χ3n) is 2.49. The maximum absolute atomic E-state index is 11.6. The van der Waals surface area contributed by atoms with E-state index < -0.39 is 0 Å². The van der Waals surface area contributed by atoms with Crippen LogP contribution >= 0.6 is 11.3 Å². The van der Waals surface area contributed by atoms with E-state index in [0.29, 0.717) is 6.42 Å². The fourth-order valence-corrected chi connectivity index (χ4v) is 2.34. The minimum atomic E-state index is 0.290. The molecule has 1 aliphatic rings. The van der Waals surface area contributed by atoms with Crippen molar-refractivity contribution in [2.75, 3.05) is 20.2 Å². The summed E-state index contributed by atoms with van der Waals surface area (Å²) in [6.07, 6.45) is 5.55. The summed E-state index contributed by atoms with van der Waals surface area (Å²) in [4.78, 5) is 17.8. The van der Waals surface area contributed by atoms with E-state index in [2.05, 4.69) is 4.98 Å². The number of carbonyl (C=O) groups is 1. The summed E-state index contributed by atoms with van der Waals surface area (Å²) in [6.45, 7) is 1.91. The summed E-state index contributed by atoms with van der Waals surface area (Å²) in [6, 6.07) is 0. The van der Waals surface area contributed by atoms with Crippen LogP contribution in [0.2, 0.25) is 0 Å². The van der Waals surface area contributed by atoms with Gasteiger partial charge >= 0.3 is 0 Å². The van der Waals surface area contributed by atoms with Crippen molar-refractivity contribution in [3.05, 3.63) is 16.6 Å². The van der Waals surface area contributed by atoms with E-state index >= 15 is 0 Å². The van der Waals surface area contributed by atoms with E-state index in [1.807, 2.05) is 10.3 Å². The zero-order valence-corrected chi connectivity index (χ0v) is 10.4. The molecule has 2 rings (SSSR count). The maximum atomic E-state index is 11.6. The van der Waals surface area contributed by atoms with Crippen molar-refractivity contribution in [1.82, 2.24) is 9.88 Å². The first kappa shape index (κ1) is 13.1. The SMILES string of the molecule is CO.O=C(CCc1nccs1)N1CCCC1. The predicted octanol–water partition coefficient (Wildman–Crippen LogP) is 1.31. The smallest absolute Gasteiger partial charge is 0.222 e. The minimum absolute atomic E-state index is 0.290. The molecular weight excluding hydrogens is 224 g/mol. The molecule has 1 aromatic rings. The number of aryl methyl sites for hydroxylation is 1. The maximum Gasteiger partial charge on any atom is 0.222 e. The van der Waals surface area contributed by atoms with Gasteiger partial charge in [-0.15, -0.1) is 11.3 Å². The van der Waals surface area contributed by atoms with Crippen molar-refractivity contribution >= 4 is 17.2 Å². The van der Waals surface area contributed by atoms with Crippen LogP contribution < -0.4 is 0 Å². The first-order valence-electron chi connectivity index (χ1n) is 5.47. The predicted molar refractivity (Wildman–Crippen MR) is 64.4 cm³/mol. The lowest BCUT2D eigenvalue weighted by molar-refractivity contribution is -0.130. The van der Waals surface area contributed by atoms with Crippen LogP contribution in [0.4, 0.5) is 0 Å². The Balaban J connectivity index is 0.000000606. The molecule has 0 spiro atoms. The number of likely N-dealkylation sites (tertiary alicyclic amines) is 1. The molecule has 0 atom stereocenters. The van der Waals surface area contributed by atoms with Crippen LogP contribution in [-0.2, 0) is 11.2 Å². The summed E-state index contributed by atoms with van der Waals surface area (Å²) < 4.78 is 0. The monoisotopic (exact) mass is 242 g/mol. The van der Waals surface area contributed by atoms with Crippen LogP contribution in [0.25, 0.3) is 0 Å². The summed E-state index contributed by atoms with van der Waals surface area (Å²) >= 11 is 1.63. The van der Waals surface area contributed by atoms with Gasteiger partial charge in [0, 0.05) is 44.6 Å². The molecule has 0 bridgehead atoms. The Hall–Kier alpha value is -0.940. The lowest BCUT2D eigenvalue weighted by Crippen LogP contribution is -2.27. The van der Waals surface area contributed by atoms with Crippen LogP contribution in [0.5, 0.6) is 0 Å². The molecule has 0 aromatic carbocycles. The minimum Gasteiger partial charge on any atom is -0.400 e. The molecule has 0 radical (unpaired) electrons. The highest BCUT2D eigenvalue weighted by atomic mass is 32.1. The molecule has 4 nitrogen and oxygen atoms in total. The Morgan fingerprint density at radius 2 is 2.19 bits per heavy atom. The Labute approximate surface area is 99.9 Å². The molecule has 1 aliphatic heterocycles. The number of nitrogens with zero attached hydrogens (tertiary/aromatic N) is 2. The average Bonchev–Trinajstić information content (AvgIpc) is 3.01. The molecule has 5 heteroatoms. The van der Waals surface area contributed by atoms with Gasteiger partial charge in [-0.2, -0.15) is 0 Å². The van der Waals surface area contributed by atoms with Crippen LogP contribution in [0.1, 0.15) is 24.3 Å². The number of aliphatic hydroxyl groups excluding tert-OH is 1. The number of rotatable bonds is 3. The van der Waals surface area contributed by atoms with Crippen molar-refractivity contribution in [3.63, 3.8) is 0 Å². The Morgan fingerprint density at radius 1 is 1.50 bits per heavy atom. The summed E-state index contributed by atoms with van der Waals surface area (Å²) in [5, 5.41) is 10.0. The molecule has 16 heavy (non-hydrogen) atoms. The van der Waals surface area contributed by atoms with Gasteiger partial charge in [-0.25, -0.2) is 4.98 Å². The second-order valence-corrected chi connectivity index (χ2v) is 4.49. The third kappa shape index (κ3) is 3.90. The third-order valence-corrected chi connectivity index (χ3v) is 3.33. The van der Waals surface area contributed by atoms with Crippen molar-refractivity contribution < 1.29 is 9.90 Å². The summed E-state index contributed by atoms with van der Waals surface area (Å²) in [5.74, 6) is 0.290. The number of aliphatic hydroxyl groups is 1. The van der Waals surface area contributed by atoms with E-state index in [9.17, 15) is 4.79 Å². The van der Waals surface area contributed by atoms with Gasteiger partial charge in [0.1, 0.15) is 0 Å². The number of carbonyl (C=O) groups excluding carboxylic acids is 1. The van der Waals surface area contributed by atoms with E-state index in [-0.39, 0.29) is 5.91 Å². The molecule has 0 unspecified atom stereocenters. The molecule has 1 saturated heterocycles. The van der Waals surface area contributed by atoms with E-state index in [1.54, 1.807) is 17.5 Å². The van der Waals surface area contributed by atoms with Gasteiger partial charge in [-0.3, -0.25) is 4.79 Å².